The minimum absolute atomic E-state index is 0.123. The van der Waals surface area contributed by atoms with Crippen molar-refractivity contribution in [3.05, 3.63) is 59.7 Å². The first-order valence-corrected chi connectivity index (χ1v) is 14.3. The van der Waals surface area contributed by atoms with Crippen molar-refractivity contribution in [3.63, 3.8) is 0 Å². The number of rotatable bonds is 12. The number of esters is 1. The van der Waals surface area contributed by atoms with Gasteiger partial charge in [-0.05, 0) is 49.0 Å². The van der Waals surface area contributed by atoms with Crippen molar-refractivity contribution >= 4 is 14.3 Å². The van der Waals surface area contributed by atoms with Gasteiger partial charge in [-0.1, -0.05) is 89.4 Å². The summed E-state index contributed by atoms with van der Waals surface area (Å²) in [5.74, 6) is -0.269. The van der Waals surface area contributed by atoms with E-state index in [1.165, 1.54) is 19.3 Å². The number of benzene rings is 1. The molecule has 0 heterocycles. The van der Waals surface area contributed by atoms with Crippen molar-refractivity contribution in [3.8, 4) is 0 Å². The van der Waals surface area contributed by atoms with E-state index in [-0.39, 0.29) is 17.1 Å². The van der Waals surface area contributed by atoms with Crippen molar-refractivity contribution in [1.82, 2.24) is 0 Å². The number of allylic oxidation sites excluding steroid dienone is 2. The molecule has 0 saturated heterocycles. The SMILES string of the molecule is CCCCCCC(=C/C(=O)OCC)/C=C/[C@@H](O[Si](C)(C)C(C)(C)C)c1ccccc1. The Morgan fingerprint density at radius 3 is 2.30 bits per heavy atom. The van der Waals surface area contributed by atoms with Gasteiger partial charge in [-0.25, -0.2) is 4.79 Å². The largest absolute Gasteiger partial charge is 0.463 e. The molecule has 1 atom stereocenters. The lowest BCUT2D eigenvalue weighted by Gasteiger charge is -2.38. The molecule has 168 valence electrons. The van der Waals surface area contributed by atoms with Crippen LogP contribution in [-0.2, 0) is 14.0 Å². The molecular formula is C26H42O3Si. The number of hydrogen-bond acceptors (Lipinski definition) is 3. The van der Waals surface area contributed by atoms with Crippen LogP contribution < -0.4 is 0 Å². The Morgan fingerprint density at radius 1 is 1.07 bits per heavy atom. The maximum Gasteiger partial charge on any atom is 0.331 e. The number of carbonyl (C=O) groups excluding carboxylic acids is 1. The van der Waals surface area contributed by atoms with Crippen molar-refractivity contribution in [1.29, 1.82) is 0 Å². The second kappa shape index (κ2) is 12.9. The molecule has 0 amide bonds. The molecule has 0 unspecified atom stereocenters. The van der Waals surface area contributed by atoms with Crippen molar-refractivity contribution in [2.24, 2.45) is 0 Å². The minimum Gasteiger partial charge on any atom is -0.463 e. The van der Waals surface area contributed by atoms with Crippen molar-refractivity contribution in [2.75, 3.05) is 6.61 Å². The highest BCUT2D eigenvalue weighted by atomic mass is 28.4. The van der Waals surface area contributed by atoms with Gasteiger partial charge in [-0.15, -0.1) is 0 Å². The molecule has 1 rings (SSSR count). The summed E-state index contributed by atoms with van der Waals surface area (Å²) in [7, 11) is -1.97. The number of hydrogen-bond donors (Lipinski definition) is 0. The van der Waals surface area contributed by atoms with Crippen molar-refractivity contribution in [2.45, 2.75) is 91.0 Å². The molecule has 0 aromatic heterocycles. The Balaban J connectivity index is 3.12. The summed E-state index contributed by atoms with van der Waals surface area (Å²) in [5.41, 5.74) is 2.14. The lowest BCUT2D eigenvalue weighted by Crippen LogP contribution is -2.41. The molecule has 30 heavy (non-hydrogen) atoms. The molecule has 0 fully saturated rings. The topological polar surface area (TPSA) is 35.5 Å². The van der Waals surface area contributed by atoms with E-state index in [0.717, 1.165) is 24.0 Å². The van der Waals surface area contributed by atoms with Crippen LogP contribution >= 0.6 is 0 Å². The molecule has 4 heteroatoms. The maximum atomic E-state index is 12.1. The van der Waals surface area contributed by atoms with Crippen LogP contribution in [0.5, 0.6) is 0 Å². The smallest absolute Gasteiger partial charge is 0.331 e. The Hall–Kier alpha value is -1.65. The average molecular weight is 431 g/mol. The van der Waals surface area contributed by atoms with Crippen LogP contribution in [0.4, 0.5) is 0 Å². The summed E-state index contributed by atoms with van der Waals surface area (Å²) < 4.78 is 11.9. The van der Waals surface area contributed by atoms with Crippen molar-refractivity contribution < 1.29 is 14.0 Å². The second-order valence-electron chi connectivity index (χ2n) is 9.35. The van der Waals surface area contributed by atoms with Gasteiger partial charge in [-0.3, -0.25) is 0 Å². The van der Waals surface area contributed by atoms with Crippen LogP contribution in [0, 0.1) is 0 Å². The third kappa shape index (κ3) is 9.44. The van der Waals surface area contributed by atoms with Gasteiger partial charge >= 0.3 is 5.97 Å². The monoisotopic (exact) mass is 430 g/mol. The first-order valence-electron chi connectivity index (χ1n) is 11.4. The predicted octanol–water partition coefficient (Wildman–Crippen LogP) is 7.77. The Bertz CT molecular complexity index is 684. The van der Waals surface area contributed by atoms with E-state index in [1.807, 2.05) is 25.1 Å². The molecule has 0 aliphatic heterocycles. The number of unbranched alkanes of at least 4 members (excludes halogenated alkanes) is 3. The molecule has 1 aromatic rings. The summed E-state index contributed by atoms with van der Waals surface area (Å²) in [4.78, 5) is 12.1. The van der Waals surface area contributed by atoms with Gasteiger partial charge in [-0.2, -0.15) is 0 Å². The fraction of sp³-hybridized carbons (Fsp3) is 0.577. The van der Waals surface area contributed by atoms with Crippen LogP contribution in [-0.4, -0.2) is 20.9 Å². The average Bonchev–Trinajstić information content (AvgIpc) is 2.68. The van der Waals surface area contributed by atoms with Crippen LogP contribution in [0.1, 0.15) is 78.4 Å². The van der Waals surface area contributed by atoms with Crippen LogP contribution in [0.15, 0.2) is 54.1 Å². The van der Waals surface area contributed by atoms with Crippen LogP contribution in [0.2, 0.25) is 18.1 Å². The van der Waals surface area contributed by atoms with E-state index in [9.17, 15) is 4.79 Å². The molecule has 0 aliphatic carbocycles. The normalized spacial score (nSPS) is 14.2. The van der Waals surface area contributed by atoms with Gasteiger partial charge in [0.1, 0.15) is 0 Å². The third-order valence-electron chi connectivity index (χ3n) is 5.75. The van der Waals surface area contributed by atoms with Gasteiger partial charge in [0.15, 0.2) is 8.32 Å². The van der Waals surface area contributed by atoms with Gasteiger partial charge in [0.25, 0.3) is 0 Å². The van der Waals surface area contributed by atoms with E-state index in [2.05, 4.69) is 65.1 Å². The molecule has 0 radical (unpaired) electrons. The van der Waals surface area contributed by atoms with Gasteiger partial charge in [0, 0.05) is 6.08 Å². The molecule has 1 aromatic carbocycles. The molecule has 3 nitrogen and oxygen atoms in total. The standard InChI is InChI=1S/C26H42O3Si/c1-8-10-11-13-16-22(21-25(27)28-9-2)19-20-24(23-17-14-12-15-18-23)29-30(6,7)26(3,4)5/h12,14-15,17-21,24H,8-11,13,16H2,1-7H3/b20-19+,22-21-/t24-/m1/s1. The summed E-state index contributed by atoms with van der Waals surface area (Å²) >= 11 is 0. The van der Waals surface area contributed by atoms with Gasteiger partial charge < -0.3 is 9.16 Å². The van der Waals surface area contributed by atoms with E-state index in [1.54, 1.807) is 6.08 Å². The van der Waals surface area contributed by atoms with E-state index in [4.69, 9.17) is 9.16 Å². The number of ether oxygens (including phenoxy) is 1. The first-order chi connectivity index (χ1) is 14.1. The summed E-state index contributed by atoms with van der Waals surface area (Å²) in [6.07, 6.45) is 11.2. The molecular weight excluding hydrogens is 388 g/mol. The van der Waals surface area contributed by atoms with E-state index in [0.29, 0.717) is 6.61 Å². The maximum absolute atomic E-state index is 12.1. The van der Waals surface area contributed by atoms with Gasteiger partial charge in [0.2, 0.25) is 0 Å². The Kier molecular flexibility index (Phi) is 11.4. The minimum atomic E-state index is -1.97. The molecule has 0 bridgehead atoms. The highest BCUT2D eigenvalue weighted by Crippen LogP contribution is 2.40. The zero-order valence-corrected chi connectivity index (χ0v) is 21.2. The third-order valence-corrected chi connectivity index (χ3v) is 10.2. The predicted molar refractivity (Wildman–Crippen MR) is 130 cm³/mol. The fourth-order valence-electron chi connectivity index (χ4n) is 2.86. The van der Waals surface area contributed by atoms with E-state index < -0.39 is 8.32 Å². The van der Waals surface area contributed by atoms with Gasteiger partial charge in [0.05, 0.1) is 12.7 Å². The Labute approximate surface area is 185 Å². The summed E-state index contributed by atoms with van der Waals surface area (Å²) in [5, 5.41) is 0.123. The molecule has 0 spiro atoms. The lowest BCUT2D eigenvalue weighted by molar-refractivity contribution is -0.137. The zero-order chi connectivity index (χ0) is 22.6. The Morgan fingerprint density at radius 2 is 1.73 bits per heavy atom. The molecule has 0 N–H and O–H groups in total. The van der Waals surface area contributed by atoms with Crippen LogP contribution in [0.3, 0.4) is 0 Å². The molecule has 0 saturated carbocycles. The molecule has 0 aliphatic rings. The summed E-state index contributed by atoms with van der Waals surface area (Å²) in [6, 6.07) is 10.3. The van der Waals surface area contributed by atoms with Crippen LogP contribution in [0.25, 0.3) is 0 Å². The highest BCUT2D eigenvalue weighted by Gasteiger charge is 2.39. The lowest BCUT2D eigenvalue weighted by atomic mass is 10.0. The first kappa shape index (κ1) is 26.4. The summed E-state index contributed by atoms with van der Waals surface area (Å²) in [6.45, 7) is 15.7. The quantitative estimate of drug-likeness (QED) is 0.112. The highest BCUT2D eigenvalue weighted by molar-refractivity contribution is 6.74. The number of carbonyl (C=O) groups is 1. The second-order valence-corrected chi connectivity index (χ2v) is 14.1. The van der Waals surface area contributed by atoms with E-state index >= 15 is 0 Å². The zero-order valence-electron chi connectivity index (χ0n) is 20.2. The fourth-order valence-corrected chi connectivity index (χ4v) is 4.06.